The van der Waals surface area contributed by atoms with Crippen molar-refractivity contribution in [2.45, 2.75) is 13.8 Å². The molecule has 0 fully saturated rings. The number of hydrogen-bond acceptors (Lipinski definition) is 3. The van der Waals surface area contributed by atoms with Gasteiger partial charge < -0.3 is 4.74 Å². The van der Waals surface area contributed by atoms with Crippen LogP contribution in [0.2, 0.25) is 0 Å². The fourth-order valence-electron chi connectivity index (χ4n) is 2.35. The molecule has 0 spiro atoms. The maximum atomic E-state index is 9.27. The Morgan fingerprint density at radius 3 is 2.52 bits per heavy atom. The summed E-state index contributed by atoms with van der Waals surface area (Å²) in [7, 11) is 0. The van der Waals surface area contributed by atoms with Gasteiger partial charge in [0.25, 0.3) is 0 Å². The first-order chi connectivity index (χ1) is 10.2. The van der Waals surface area contributed by atoms with E-state index in [9.17, 15) is 5.26 Å². The van der Waals surface area contributed by atoms with Crippen molar-refractivity contribution < 1.29 is 4.74 Å². The molecule has 0 aliphatic heterocycles. The molecule has 0 radical (unpaired) electrons. The zero-order valence-electron chi connectivity index (χ0n) is 11.9. The van der Waals surface area contributed by atoms with Crippen LogP contribution < -0.4 is 4.74 Å². The Morgan fingerprint density at radius 1 is 1.00 bits per heavy atom. The third-order valence-corrected chi connectivity index (χ3v) is 3.36. The predicted molar refractivity (Wildman–Crippen MR) is 82.4 cm³/mol. The predicted octanol–water partition coefficient (Wildman–Crippen LogP) is 4.52. The Kier molecular flexibility index (Phi) is 3.29. The van der Waals surface area contributed by atoms with Gasteiger partial charge in [-0.3, -0.25) is 0 Å². The lowest BCUT2D eigenvalue weighted by Crippen LogP contribution is -1.96. The molecule has 0 unspecified atom stereocenters. The molecule has 0 N–H and O–H groups in total. The molecular weight excluding hydrogens is 260 g/mol. The van der Waals surface area contributed by atoms with Gasteiger partial charge in [0.1, 0.15) is 17.4 Å². The summed E-state index contributed by atoms with van der Waals surface area (Å²) >= 11 is 0. The number of aromatic nitrogens is 1. The van der Waals surface area contributed by atoms with Gasteiger partial charge >= 0.3 is 0 Å². The zero-order valence-corrected chi connectivity index (χ0v) is 11.9. The first kappa shape index (κ1) is 13.1. The lowest BCUT2D eigenvalue weighted by molar-refractivity contribution is 0.460. The van der Waals surface area contributed by atoms with Crippen LogP contribution in [0, 0.1) is 25.2 Å². The van der Waals surface area contributed by atoms with Crippen LogP contribution in [0.15, 0.2) is 48.5 Å². The molecule has 3 aromatic rings. The second-order valence-corrected chi connectivity index (χ2v) is 4.98. The van der Waals surface area contributed by atoms with Crippen LogP contribution in [0.5, 0.6) is 11.6 Å². The molecule has 0 amide bonds. The van der Waals surface area contributed by atoms with Gasteiger partial charge in [-0.2, -0.15) is 5.26 Å². The summed E-state index contributed by atoms with van der Waals surface area (Å²) in [6.45, 7) is 3.78. The highest BCUT2D eigenvalue weighted by Crippen LogP contribution is 2.28. The maximum absolute atomic E-state index is 9.27. The first-order valence-electron chi connectivity index (χ1n) is 6.72. The molecule has 0 aliphatic carbocycles. The molecule has 0 atom stereocenters. The molecule has 0 saturated carbocycles. The van der Waals surface area contributed by atoms with Crippen LogP contribution in [-0.2, 0) is 0 Å². The Labute approximate surface area is 123 Å². The van der Waals surface area contributed by atoms with Crippen molar-refractivity contribution in [2.75, 3.05) is 0 Å². The van der Waals surface area contributed by atoms with Crippen molar-refractivity contribution in [3.8, 4) is 17.7 Å². The number of benzene rings is 2. The number of aryl methyl sites for hydroxylation is 2. The Morgan fingerprint density at radius 2 is 1.76 bits per heavy atom. The van der Waals surface area contributed by atoms with E-state index in [-0.39, 0.29) is 0 Å². The van der Waals surface area contributed by atoms with Crippen molar-refractivity contribution in [3.63, 3.8) is 0 Å². The molecule has 0 bridgehead atoms. The minimum Gasteiger partial charge on any atom is -0.438 e. The topological polar surface area (TPSA) is 45.9 Å². The van der Waals surface area contributed by atoms with Crippen molar-refractivity contribution in [1.29, 1.82) is 5.26 Å². The van der Waals surface area contributed by atoms with Crippen molar-refractivity contribution in [2.24, 2.45) is 0 Å². The third kappa shape index (κ3) is 2.56. The zero-order chi connectivity index (χ0) is 14.8. The summed E-state index contributed by atoms with van der Waals surface area (Å²) < 4.78 is 5.84. The van der Waals surface area contributed by atoms with Gasteiger partial charge in [0, 0.05) is 5.69 Å². The van der Waals surface area contributed by atoms with Crippen LogP contribution in [0.4, 0.5) is 0 Å². The number of fused-ring (bicyclic) bond motifs is 1. The molecular formula is C18H14N2O. The number of nitrogens with zero attached hydrogens (tertiary/aromatic N) is 2. The fourth-order valence-corrected chi connectivity index (χ4v) is 2.35. The molecule has 1 aromatic heterocycles. The average molecular weight is 274 g/mol. The normalized spacial score (nSPS) is 10.3. The lowest BCUT2D eigenvalue weighted by atomic mass is 10.1. The third-order valence-electron chi connectivity index (χ3n) is 3.36. The number of pyridine rings is 1. The number of nitriles is 1. The van der Waals surface area contributed by atoms with E-state index >= 15 is 0 Å². The minimum atomic E-state index is 0.366. The van der Waals surface area contributed by atoms with Crippen LogP contribution in [0.1, 0.15) is 16.8 Å². The van der Waals surface area contributed by atoms with Gasteiger partial charge in [0.05, 0.1) is 0 Å². The van der Waals surface area contributed by atoms with E-state index in [4.69, 9.17) is 4.74 Å². The van der Waals surface area contributed by atoms with E-state index in [1.54, 1.807) is 0 Å². The monoisotopic (exact) mass is 274 g/mol. The molecule has 21 heavy (non-hydrogen) atoms. The summed E-state index contributed by atoms with van der Waals surface area (Å²) in [6.07, 6.45) is 0. The van der Waals surface area contributed by atoms with E-state index in [2.05, 4.69) is 17.1 Å². The summed E-state index contributed by atoms with van der Waals surface area (Å²) in [4.78, 5) is 4.34. The van der Waals surface area contributed by atoms with Gasteiger partial charge in [-0.05, 0) is 48.4 Å². The van der Waals surface area contributed by atoms with Gasteiger partial charge in [-0.1, -0.05) is 30.3 Å². The Hall–Kier alpha value is -2.86. The molecule has 3 heteroatoms. The van der Waals surface area contributed by atoms with E-state index in [1.807, 2.05) is 56.3 Å². The minimum absolute atomic E-state index is 0.366. The van der Waals surface area contributed by atoms with Gasteiger partial charge in [0.15, 0.2) is 0 Å². The van der Waals surface area contributed by atoms with Crippen molar-refractivity contribution in [3.05, 3.63) is 65.4 Å². The van der Waals surface area contributed by atoms with Crippen LogP contribution in [-0.4, -0.2) is 4.98 Å². The van der Waals surface area contributed by atoms with Gasteiger partial charge in [-0.15, -0.1) is 0 Å². The highest BCUT2D eigenvalue weighted by molar-refractivity contribution is 5.83. The Balaban J connectivity index is 2.04. The largest absolute Gasteiger partial charge is 0.438 e. The standard InChI is InChI=1S/C18H14N2O/c1-12-9-13(2)20-18(17(12)11-19)21-16-8-7-14-5-3-4-6-15(14)10-16/h3-10H,1-2H3. The van der Waals surface area contributed by atoms with Gasteiger partial charge in [0.2, 0.25) is 5.88 Å². The average Bonchev–Trinajstić information content (AvgIpc) is 2.47. The smallest absolute Gasteiger partial charge is 0.237 e. The van der Waals surface area contributed by atoms with Crippen molar-refractivity contribution in [1.82, 2.24) is 4.98 Å². The highest BCUT2D eigenvalue weighted by Gasteiger charge is 2.11. The van der Waals surface area contributed by atoms with Crippen LogP contribution in [0.25, 0.3) is 10.8 Å². The maximum Gasteiger partial charge on any atom is 0.237 e. The van der Waals surface area contributed by atoms with Crippen LogP contribution >= 0.6 is 0 Å². The van der Waals surface area contributed by atoms with E-state index in [1.165, 1.54) is 0 Å². The summed E-state index contributed by atoms with van der Waals surface area (Å²) in [5, 5.41) is 11.5. The summed E-state index contributed by atoms with van der Waals surface area (Å²) in [5.41, 5.74) is 2.19. The molecule has 1 heterocycles. The summed E-state index contributed by atoms with van der Waals surface area (Å²) in [5.74, 6) is 1.05. The van der Waals surface area contributed by atoms with E-state index in [0.29, 0.717) is 17.2 Å². The van der Waals surface area contributed by atoms with Gasteiger partial charge in [-0.25, -0.2) is 4.98 Å². The summed E-state index contributed by atoms with van der Waals surface area (Å²) in [6, 6.07) is 18.0. The SMILES string of the molecule is Cc1cc(C)c(C#N)c(Oc2ccc3ccccc3c2)n1. The van der Waals surface area contributed by atoms with E-state index < -0.39 is 0 Å². The molecule has 2 aromatic carbocycles. The molecule has 3 rings (SSSR count). The first-order valence-corrected chi connectivity index (χ1v) is 6.72. The van der Waals surface area contributed by atoms with Crippen molar-refractivity contribution >= 4 is 10.8 Å². The fraction of sp³-hybridized carbons (Fsp3) is 0.111. The molecule has 3 nitrogen and oxygen atoms in total. The Bertz CT molecular complexity index is 863. The quantitative estimate of drug-likeness (QED) is 0.690. The second kappa shape index (κ2) is 5.26. The van der Waals surface area contributed by atoms with Crippen LogP contribution in [0.3, 0.4) is 0 Å². The number of hydrogen-bond donors (Lipinski definition) is 0. The highest BCUT2D eigenvalue weighted by atomic mass is 16.5. The van der Waals surface area contributed by atoms with E-state index in [0.717, 1.165) is 22.0 Å². The number of rotatable bonds is 2. The molecule has 0 saturated heterocycles. The molecule has 102 valence electrons. The molecule has 0 aliphatic rings. The second-order valence-electron chi connectivity index (χ2n) is 4.98. The lowest BCUT2D eigenvalue weighted by Gasteiger charge is -2.10. The number of ether oxygens (including phenoxy) is 1.